The Morgan fingerprint density at radius 1 is 1.50 bits per heavy atom. The van der Waals surface area contributed by atoms with E-state index in [1.165, 1.54) is 0 Å². The zero-order valence-corrected chi connectivity index (χ0v) is 11.8. The van der Waals surface area contributed by atoms with Crippen molar-refractivity contribution in [1.82, 2.24) is 0 Å². The average molecular weight is 288 g/mol. The first-order valence-corrected chi connectivity index (χ1v) is 6.42. The molecule has 0 heterocycles. The van der Waals surface area contributed by atoms with Gasteiger partial charge in [0.2, 0.25) is 5.91 Å². The third-order valence-electron chi connectivity index (χ3n) is 3.25. The number of carbonyl (C=O) groups excluding carboxylic acids is 1. The van der Waals surface area contributed by atoms with Crippen LogP contribution in [0.1, 0.15) is 18.9 Å². The van der Waals surface area contributed by atoms with E-state index in [2.05, 4.69) is 5.32 Å². The van der Waals surface area contributed by atoms with Crippen LogP contribution in [0.3, 0.4) is 0 Å². The Kier molecular flexibility index (Phi) is 3.58. The van der Waals surface area contributed by atoms with Crippen molar-refractivity contribution in [3.63, 3.8) is 0 Å². The van der Waals surface area contributed by atoms with Crippen LogP contribution in [-0.4, -0.2) is 17.4 Å². The molecule has 0 spiro atoms. The summed E-state index contributed by atoms with van der Waals surface area (Å²) in [6.07, 6.45) is 0.479. The molecule has 0 bridgehead atoms. The SMILES string of the molecule is COCc1cccc(NC(=O)[C@@]2(C)CC2(Cl)Cl)c1. The van der Waals surface area contributed by atoms with Crippen LogP contribution in [0, 0.1) is 5.41 Å². The molecule has 0 radical (unpaired) electrons. The van der Waals surface area contributed by atoms with Crippen LogP contribution < -0.4 is 5.32 Å². The van der Waals surface area contributed by atoms with Crippen molar-refractivity contribution in [2.24, 2.45) is 5.41 Å². The molecule has 1 saturated carbocycles. The van der Waals surface area contributed by atoms with Crippen LogP contribution in [0.15, 0.2) is 24.3 Å². The largest absolute Gasteiger partial charge is 0.380 e. The van der Waals surface area contributed by atoms with Gasteiger partial charge < -0.3 is 10.1 Å². The number of halogens is 2. The Morgan fingerprint density at radius 3 is 2.72 bits per heavy atom. The molecule has 2 rings (SSSR count). The lowest BCUT2D eigenvalue weighted by atomic mass is 10.1. The van der Waals surface area contributed by atoms with Gasteiger partial charge in [-0.25, -0.2) is 0 Å². The zero-order chi connectivity index (χ0) is 13.4. The summed E-state index contributed by atoms with van der Waals surface area (Å²) in [6.45, 7) is 2.28. The Bertz CT molecular complexity index is 476. The van der Waals surface area contributed by atoms with Crippen LogP contribution in [-0.2, 0) is 16.1 Å². The first kappa shape index (κ1) is 13.7. The van der Waals surface area contributed by atoms with Crippen molar-refractivity contribution in [2.75, 3.05) is 12.4 Å². The fourth-order valence-corrected chi connectivity index (χ4v) is 2.53. The average Bonchev–Trinajstić information content (AvgIpc) is 2.80. The molecule has 1 amide bonds. The minimum atomic E-state index is -0.943. The van der Waals surface area contributed by atoms with Gasteiger partial charge in [0, 0.05) is 12.8 Å². The molecule has 98 valence electrons. The summed E-state index contributed by atoms with van der Waals surface area (Å²) >= 11 is 12.0. The quantitative estimate of drug-likeness (QED) is 0.863. The zero-order valence-electron chi connectivity index (χ0n) is 10.3. The van der Waals surface area contributed by atoms with E-state index in [1.54, 1.807) is 14.0 Å². The third kappa shape index (κ3) is 2.48. The van der Waals surface area contributed by atoms with Gasteiger partial charge in [-0.05, 0) is 31.0 Å². The Hall–Kier alpha value is -0.770. The number of carbonyl (C=O) groups is 1. The van der Waals surface area contributed by atoms with Gasteiger partial charge in [-0.15, -0.1) is 23.2 Å². The van der Waals surface area contributed by atoms with E-state index >= 15 is 0 Å². The molecule has 1 aromatic carbocycles. The molecule has 3 nitrogen and oxygen atoms in total. The summed E-state index contributed by atoms with van der Waals surface area (Å²) in [5, 5.41) is 2.84. The van der Waals surface area contributed by atoms with Crippen LogP contribution in [0.4, 0.5) is 5.69 Å². The molecular formula is C13H15Cl2NO2. The van der Waals surface area contributed by atoms with Crippen molar-refractivity contribution in [3.05, 3.63) is 29.8 Å². The standard InChI is InChI=1S/C13H15Cl2NO2/c1-12(8-13(12,14)15)11(17)16-10-5-3-4-9(6-10)7-18-2/h3-6H,7-8H2,1-2H3,(H,16,17)/t12-/m1/s1. The molecule has 0 saturated heterocycles. The summed E-state index contributed by atoms with van der Waals surface area (Å²) in [4.78, 5) is 12.1. The van der Waals surface area contributed by atoms with Crippen LogP contribution in [0.5, 0.6) is 0 Å². The second-order valence-electron chi connectivity index (χ2n) is 4.80. The topological polar surface area (TPSA) is 38.3 Å². The molecule has 1 fully saturated rings. The van der Waals surface area contributed by atoms with Crippen LogP contribution in [0.2, 0.25) is 0 Å². The predicted octanol–water partition coefficient (Wildman–Crippen LogP) is 3.36. The monoisotopic (exact) mass is 287 g/mol. The van der Waals surface area contributed by atoms with Gasteiger partial charge in [0.25, 0.3) is 0 Å². The summed E-state index contributed by atoms with van der Waals surface area (Å²) < 4.78 is 4.10. The molecule has 1 aliphatic rings. The number of benzene rings is 1. The Labute approximate surface area is 116 Å². The third-order valence-corrected chi connectivity index (χ3v) is 4.36. The van der Waals surface area contributed by atoms with Crippen molar-refractivity contribution in [1.29, 1.82) is 0 Å². The van der Waals surface area contributed by atoms with Gasteiger partial charge in [0.15, 0.2) is 0 Å². The molecule has 0 aliphatic heterocycles. The molecule has 1 atom stereocenters. The molecular weight excluding hydrogens is 273 g/mol. The Balaban J connectivity index is 2.06. The van der Waals surface area contributed by atoms with E-state index in [1.807, 2.05) is 24.3 Å². The highest BCUT2D eigenvalue weighted by Crippen LogP contribution is 2.64. The highest BCUT2D eigenvalue weighted by atomic mass is 35.5. The number of nitrogens with one attached hydrogen (secondary N) is 1. The highest BCUT2D eigenvalue weighted by Gasteiger charge is 2.67. The van der Waals surface area contributed by atoms with E-state index in [0.29, 0.717) is 13.0 Å². The predicted molar refractivity (Wildman–Crippen MR) is 72.9 cm³/mol. The minimum absolute atomic E-state index is 0.151. The van der Waals surface area contributed by atoms with Crippen LogP contribution in [0.25, 0.3) is 0 Å². The molecule has 5 heteroatoms. The first-order valence-electron chi connectivity index (χ1n) is 5.66. The van der Waals surface area contributed by atoms with E-state index in [-0.39, 0.29) is 5.91 Å². The van der Waals surface area contributed by atoms with Gasteiger partial charge in [-0.1, -0.05) is 12.1 Å². The fourth-order valence-electron chi connectivity index (χ4n) is 1.82. The number of anilines is 1. The normalized spacial score (nSPS) is 24.7. The van der Waals surface area contributed by atoms with Gasteiger partial charge in [-0.2, -0.15) is 0 Å². The molecule has 1 N–H and O–H groups in total. The second-order valence-corrected chi connectivity index (χ2v) is 6.28. The van der Waals surface area contributed by atoms with Gasteiger partial charge in [0.05, 0.1) is 12.0 Å². The van der Waals surface area contributed by atoms with Crippen molar-refractivity contribution < 1.29 is 9.53 Å². The molecule has 18 heavy (non-hydrogen) atoms. The van der Waals surface area contributed by atoms with Crippen molar-refractivity contribution >= 4 is 34.8 Å². The van der Waals surface area contributed by atoms with Gasteiger partial charge in [0.1, 0.15) is 4.33 Å². The summed E-state index contributed by atoms with van der Waals surface area (Å²) in [5.74, 6) is -0.151. The van der Waals surface area contributed by atoms with Gasteiger partial charge in [-0.3, -0.25) is 4.79 Å². The number of methoxy groups -OCH3 is 1. The van der Waals surface area contributed by atoms with E-state index in [4.69, 9.17) is 27.9 Å². The second kappa shape index (κ2) is 4.72. The number of alkyl halides is 2. The first-order chi connectivity index (χ1) is 8.39. The lowest BCUT2D eigenvalue weighted by Crippen LogP contribution is -2.25. The van der Waals surface area contributed by atoms with Crippen molar-refractivity contribution in [3.8, 4) is 0 Å². The number of rotatable bonds is 4. The maximum atomic E-state index is 12.1. The number of hydrogen-bond donors (Lipinski definition) is 1. The summed E-state index contributed by atoms with van der Waals surface area (Å²) in [5.41, 5.74) is 1.03. The number of hydrogen-bond acceptors (Lipinski definition) is 2. The minimum Gasteiger partial charge on any atom is -0.380 e. The van der Waals surface area contributed by atoms with E-state index in [0.717, 1.165) is 11.3 Å². The molecule has 1 aliphatic carbocycles. The van der Waals surface area contributed by atoms with Crippen LogP contribution >= 0.6 is 23.2 Å². The maximum absolute atomic E-state index is 12.1. The fraction of sp³-hybridized carbons (Fsp3) is 0.462. The maximum Gasteiger partial charge on any atom is 0.233 e. The highest BCUT2D eigenvalue weighted by molar-refractivity contribution is 6.53. The summed E-state index contributed by atoms with van der Waals surface area (Å²) in [7, 11) is 1.63. The van der Waals surface area contributed by atoms with E-state index in [9.17, 15) is 4.79 Å². The number of amides is 1. The molecule has 0 aromatic heterocycles. The van der Waals surface area contributed by atoms with E-state index < -0.39 is 9.75 Å². The molecule has 1 aromatic rings. The smallest absolute Gasteiger partial charge is 0.233 e. The number of ether oxygens (including phenoxy) is 1. The van der Waals surface area contributed by atoms with Crippen molar-refractivity contribution in [2.45, 2.75) is 24.3 Å². The lowest BCUT2D eigenvalue weighted by molar-refractivity contribution is -0.120. The lowest BCUT2D eigenvalue weighted by Gasteiger charge is -2.13. The summed E-state index contributed by atoms with van der Waals surface area (Å²) in [6, 6.07) is 7.50. The molecule has 0 unspecified atom stereocenters. The Morgan fingerprint density at radius 2 is 2.17 bits per heavy atom. The van der Waals surface area contributed by atoms with Gasteiger partial charge >= 0.3 is 0 Å².